The van der Waals surface area contributed by atoms with Crippen molar-refractivity contribution < 1.29 is 4.74 Å². The van der Waals surface area contributed by atoms with Crippen LogP contribution < -0.4 is 10.5 Å². The van der Waals surface area contributed by atoms with Crippen LogP contribution in [0, 0.1) is 6.92 Å². The average Bonchev–Trinajstić information content (AvgIpc) is 2.79. The highest BCUT2D eigenvalue weighted by atomic mass is 16.5. The van der Waals surface area contributed by atoms with Gasteiger partial charge in [-0.1, -0.05) is 0 Å². The maximum absolute atomic E-state index is 5.63. The zero-order valence-corrected chi connectivity index (χ0v) is 9.60. The number of hydrogen-bond acceptors (Lipinski definition) is 4. The van der Waals surface area contributed by atoms with Gasteiger partial charge in [0, 0.05) is 18.2 Å². The van der Waals surface area contributed by atoms with Gasteiger partial charge in [-0.25, -0.2) is 9.97 Å². The van der Waals surface area contributed by atoms with Crippen LogP contribution in [0.15, 0.2) is 24.4 Å². The lowest BCUT2D eigenvalue weighted by atomic mass is 10.0. The fourth-order valence-electron chi connectivity index (χ4n) is 2.08. The highest BCUT2D eigenvalue weighted by Gasteiger charge is 2.14. The second kappa shape index (κ2) is 3.73. The Morgan fingerprint density at radius 3 is 3.12 bits per heavy atom. The third-order valence-electron chi connectivity index (χ3n) is 2.95. The van der Waals surface area contributed by atoms with Crippen molar-refractivity contribution in [3.05, 3.63) is 35.5 Å². The Kier molecular flexibility index (Phi) is 2.21. The lowest BCUT2D eigenvalue weighted by Gasteiger charge is -2.07. The van der Waals surface area contributed by atoms with Crippen molar-refractivity contribution in [1.29, 1.82) is 0 Å². The van der Waals surface area contributed by atoms with E-state index in [2.05, 4.69) is 16.0 Å². The molecule has 0 unspecified atom stereocenters. The maximum atomic E-state index is 5.63. The largest absolute Gasteiger partial charge is 0.493 e. The fraction of sp³-hybridized carbons (Fsp3) is 0.231. The summed E-state index contributed by atoms with van der Waals surface area (Å²) in [6, 6.07) is 6.13. The first-order chi connectivity index (χ1) is 8.24. The van der Waals surface area contributed by atoms with Crippen molar-refractivity contribution in [3.63, 3.8) is 0 Å². The first-order valence-electron chi connectivity index (χ1n) is 5.59. The first-order valence-corrected chi connectivity index (χ1v) is 5.59. The van der Waals surface area contributed by atoms with Crippen LogP contribution in [0.4, 0.5) is 5.95 Å². The third kappa shape index (κ3) is 1.71. The summed E-state index contributed by atoms with van der Waals surface area (Å²) >= 11 is 0. The smallest absolute Gasteiger partial charge is 0.220 e. The van der Waals surface area contributed by atoms with Gasteiger partial charge in [0.15, 0.2) is 0 Å². The summed E-state index contributed by atoms with van der Waals surface area (Å²) in [5.41, 5.74) is 9.86. The van der Waals surface area contributed by atoms with Gasteiger partial charge in [0.2, 0.25) is 5.95 Å². The number of benzene rings is 1. The summed E-state index contributed by atoms with van der Waals surface area (Å²) in [4.78, 5) is 8.27. The topological polar surface area (TPSA) is 61.0 Å². The highest BCUT2D eigenvalue weighted by molar-refractivity contribution is 5.66. The van der Waals surface area contributed by atoms with Gasteiger partial charge in [-0.2, -0.15) is 0 Å². The zero-order valence-electron chi connectivity index (χ0n) is 9.60. The number of aromatic nitrogens is 2. The maximum Gasteiger partial charge on any atom is 0.220 e. The van der Waals surface area contributed by atoms with Crippen LogP contribution in [0.3, 0.4) is 0 Å². The second-order valence-electron chi connectivity index (χ2n) is 4.18. The summed E-state index contributed by atoms with van der Waals surface area (Å²) in [6.45, 7) is 2.75. The molecular formula is C13H13N3O. The van der Waals surface area contributed by atoms with E-state index in [-0.39, 0.29) is 0 Å². The minimum absolute atomic E-state index is 0.308. The normalized spacial score (nSPS) is 13.2. The molecule has 2 aromatic rings. The van der Waals surface area contributed by atoms with Crippen molar-refractivity contribution in [3.8, 4) is 17.0 Å². The Balaban J connectivity index is 2.12. The molecule has 86 valence electrons. The van der Waals surface area contributed by atoms with E-state index in [1.807, 2.05) is 19.1 Å². The Hall–Kier alpha value is -2.10. The van der Waals surface area contributed by atoms with Crippen LogP contribution in [-0.4, -0.2) is 16.6 Å². The summed E-state index contributed by atoms with van der Waals surface area (Å²) in [7, 11) is 0. The Morgan fingerprint density at radius 2 is 2.24 bits per heavy atom. The zero-order chi connectivity index (χ0) is 11.8. The van der Waals surface area contributed by atoms with Crippen molar-refractivity contribution in [2.75, 3.05) is 12.3 Å². The van der Waals surface area contributed by atoms with Gasteiger partial charge in [0.1, 0.15) is 5.75 Å². The molecule has 0 aliphatic carbocycles. The van der Waals surface area contributed by atoms with E-state index < -0.39 is 0 Å². The summed E-state index contributed by atoms with van der Waals surface area (Å²) < 4.78 is 5.49. The SMILES string of the molecule is Cc1cnc(N)nc1-c1ccc2c(c1)CCO2. The standard InChI is InChI=1S/C13H13N3O/c1-8-7-15-13(14)16-12(8)10-2-3-11-9(6-10)4-5-17-11/h2-3,6-7H,4-5H2,1H3,(H2,14,15,16). The summed E-state index contributed by atoms with van der Waals surface area (Å²) in [5, 5.41) is 0. The molecular weight excluding hydrogens is 214 g/mol. The van der Waals surface area contributed by atoms with E-state index in [1.54, 1.807) is 6.20 Å². The molecule has 1 aromatic heterocycles. The number of aryl methyl sites for hydroxylation is 1. The number of ether oxygens (including phenoxy) is 1. The number of nitrogens with two attached hydrogens (primary N) is 1. The van der Waals surface area contributed by atoms with Gasteiger partial charge in [-0.15, -0.1) is 0 Å². The first kappa shape index (κ1) is 10.1. The minimum atomic E-state index is 0.308. The molecule has 4 heteroatoms. The molecule has 0 spiro atoms. The number of fused-ring (bicyclic) bond motifs is 1. The van der Waals surface area contributed by atoms with E-state index >= 15 is 0 Å². The molecule has 4 nitrogen and oxygen atoms in total. The van der Waals surface area contributed by atoms with Crippen molar-refractivity contribution in [1.82, 2.24) is 9.97 Å². The molecule has 0 saturated carbocycles. The van der Waals surface area contributed by atoms with Crippen LogP contribution in [0.1, 0.15) is 11.1 Å². The Labute approximate surface area is 99.5 Å². The minimum Gasteiger partial charge on any atom is -0.493 e. The van der Waals surface area contributed by atoms with Crippen LogP contribution in [0.2, 0.25) is 0 Å². The van der Waals surface area contributed by atoms with Crippen molar-refractivity contribution in [2.45, 2.75) is 13.3 Å². The number of anilines is 1. The van der Waals surface area contributed by atoms with Crippen LogP contribution >= 0.6 is 0 Å². The third-order valence-corrected chi connectivity index (χ3v) is 2.95. The fourth-order valence-corrected chi connectivity index (χ4v) is 2.08. The monoisotopic (exact) mass is 227 g/mol. The molecule has 1 aliphatic heterocycles. The number of nitrogen functional groups attached to an aromatic ring is 1. The van der Waals surface area contributed by atoms with E-state index in [1.165, 1.54) is 5.56 Å². The van der Waals surface area contributed by atoms with E-state index in [4.69, 9.17) is 10.5 Å². The van der Waals surface area contributed by atoms with Crippen molar-refractivity contribution >= 4 is 5.95 Å². The number of rotatable bonds is 1. The van der Waals surface area contributed by atoms with E-state index in [9.17, 15) is 0 Å². The van der Waals surface area contributed by atoms with E-state index in [0.29, 0.717) is 5.95 Å². The Morgan fingerprint density at radius 1 is 1.35 bits per heavy atom. The van der Waals surface area contributed by atoms with E-state index in [0.717, 1.165) is 35.6 Å². The van der Waals surface area contributed by atoms with Crippen molar-refractivity contribution in [2.24, 2.45) is 0 Å². The molecule has 2 N–H and O–H groups in total. The lowest BCUT2D eigenvalue weighted by Crippen LogP contribution is -1.98. The molecule has 1 aliphatic rings. The van der Waals surface area contributed by atoms with Gasteiger partial charge in [-0.05, 0) is 36.2 Å². The molecule has 0 bridgehead atoms. The van der Waals surface area contributed by atoms with Crippen LogP contribution in [0.5, 0.6) is 5.75 Å². The van der Waals surface area contributed by atoms with Gasteiger partial charge >= 0.3 is 0 Å². The van der Waals surface area contributed by atoms with Gasteiger partial charge in [-0.3, -0.25) is 0 Å². The number of nitrogens with zero attached hydrogens (tertiary/aromatic N) is 2. The van der Waals surface area contributed by atoms with Gasteiger partial charge in [0.05, 0.1) is 12.3 Å². The molecule has 0 radical (unpaired) electrons. The molecule has 17 heavy (non-hydrogen) atoms. The Bertz CT molecular complexity index is 581. The number of hydrogen-bond donors (Lipinski definition) is 1. The van der Waals surface area contributed by atoms with Crippen LogP contribution in [-0.2, 0) is 6.42 Å². The van der Waals surface area contributed by atoms with Gasteiger partial charge in [0.25, 0.3) is 0 Å². The quantitative estimate of drug-likeness (QED) is 0.809. The van der Waals surface area contributed by atoms with Gasteiger partial charge < -0.3 is 10.5 Å². The molecule has 0 fully saturated rings. The second-order valence-corrected chi connectivity index (χ2v) is 4.18. The predicted octanol–water partition coefficient (Wildman–Crippen LogP) is 1.97. The molecule has 0 atom stereocenters. The lowest BCUT2D eigenvalue weighted by molar-refractivity contribution is 0.357. The molecule has 3 rings (SSSR count). The average molecular weight is 227 g/mol. The highest BCUT2D eigenvalue weighted by Crippen LogP contribution is 2.30. The molecule has 1 aromatic carbocycles. The predicted molar refractivity (Wildman–Crippen MR) is 65.8 cm³/mol. The molecule has 0 saturated heterocycles. The molecule has 2 heterocycles. The molecule has 0 amide bonds. The summed E-state index contributed by atoms with van der Waals surface area (Å²) in [6.07, 6.45) is 2.71. The summed E-state index contributed by atoms with van der Waals surface area (Å²) in [5.74, 6) is 1.29. The van der Waals surface area contributed by atoms with Crippen LogP contribution in [0.25, 0.3) is 11.3 Å².